The van der Waals surface area contributed by atoms with Crippen molar-refractivity contribution in [2.45, 2.75) is 110 Å². The summed E-state index contributed by atoms with van der Waals surface area (Å²) in [5, 5.41) is 3.47. The molecular weight excluding hydrogens is 306 g/mol. The summed E-state index contributed by atoms with van der Waals surface area (Å²) in [5.74, 6) is 1.91. The van der Waals surface area contributed by atoms with Gasteiger partial charge in [-0.3, -0.25) is 4.99 Å². The van der Waals surface area contributed by atoms with Crippen molar-refractivity contribution in [3.63, 3.8) is 0 Å². The van der Waals surface area contributed by atoms with Crippen molar-refractivity contribution < 1.29 is 0 Å². The summed E-state index contributed by atoms with van der Waals surface area (Å²) in [4.78, 5) is 4.63. The normalized spacial score (nSPS) is 15.2. The Labute approximate surface area is 157 Å². The van der Waals surface area contributed by atoms with E-state index < -0.39 is 0 Å². The van der Waals surface area contributed by atoms with Crippen LogP contribution in [0.3, 0.4) is 0 Å². The van der Waals surface area contributed by atoms with Crippen LogP contribution in [0, 0.1) is 5.92 Å². The van der Waals surface area contributed by atoms with Crippen LogP contribution in [-0.4, -0.2) is 25.5 Å². The second kappa shape index (κ2) is 16.9. The van der Waals surface area contributed by atoms with Gasteiger partial charge in [0.1, 0.15) is 0 Å². The summed E-state index contributed by atoms with van der Waals surface area (Å²) < 4.78 is 0. The molecule has 0 amide bonds. The Kier molecular flexibility index (Phi) is 15.2. The van der Waals surface area contributed by atoms with Crippen LogP contribution in [0.25, 0.3) is 0 Å². The Bertz CT molecular complexity index is 314. The first-order chi connectivity index (χ1) is 12.4. The zero-order valence-electron chi connectivity index (χ0n) is 17.0. The number of nitrogens with two attached hydrogens (primary N) is 1. The van der Waals surface area contributed by atoms with Crippen molar-refractivity contribution >= 4 is 5.84 Å². The van der Waals surface area contributed by atoms with Gasteiger partial charge in [-0.2, -0.15) is 0 Å². The van der Waals surface area contributed by atoms with Gasteiger partial charge in [-0.1, -0.05) is 90.4 Å². The molecule has 1 aliphatic heterocycles. The fourth-order valence-corrected chi connectivity index (χ4v) is 3.88. The summed E-state index contributed by atoms with van der Waals surface area (Å²) in [7, 11) is 0. The smallest absolute Gasteiger partial charge is 0.0995 e. The van der Waals surface area contributed by atoms with E-state index in [2.05, 4.69) is 17.2 Å². The summed E-state index contributed by atoms with van der Waals surface area (Å²) in [6, 6.07) is 0. The minimum absolute atomic E-state index is 0.638. The van der Waals surface area contributed by atoms with Crippen LogP contribution >= 0.6 is 0 Å². The van der Waals surface area contributed by atoms with E-state index in [1.54, 1.807) is 0 Å². The van der Waals surface area contributed by atoms with E-state index in [-0.39, 0.29) is 0 Å². The number of rotatable bonds is 18. The van der Waals surface area contributed by atoms with Gasteiger partial charge in [0.15, 0.2) is 0 Å². The second-order valence-electron chi connectivity index (χ2n) is 7.85. The van der Waals surface area contributed by atoms with E-state index in [1.807, 2.05) is 0 Å². The third-order valence-electron chi connectivity index (χ3n) is 5.50. The molecule has 0 radical (unpaired) electrons. The van der Waals surface area contributed by atoms with E-state index in [1.165, 1.54) is 102 Å². The molecule has 1 atom stereocenters. The Morgan fingerprint density at radius 2 is 1.32 bits per heavy atom. The number of hydrogen-bond acceptors (Lipinski definition) is 3. The van der Waals surface area contributed by atoms with Gasteiger partial charge >= 0.3 is 0 Å². The van der Waals surface area contributed by atoms with Crippen molar-refractivity contribution in [3.05, 3.63) is 0 Å². The van der Waals surface area contributed by atoms with Crippen LogP contribution in [0.2, 0.25) is 0 Å². The van der Waals surface area contributed by atoms with E-state index in [9.17, 15) is 0 Å². The molecule has 1 rings (SSSR count). The minimum Gasteiger partial charge on any atom is -0.372 e. The Morgan fingerprint density at radius 3 is 1.80 bits per heavy atom. The van der Waals surface area contributed by atoms with E-state index in [0.29, 0.717) is 5.92 Å². The van der Waals surface area contributed by atoms with Gasteiger partial charge in [0.05, 0.1) is 12.4 Å². The monoisotopic (exact) mass is 351 g/mol. The fourth-order valence-electron chi connectivity index (χ4n) is 3.88. The highest BCUT2D eigenvalue weighted by Gasteiger charge is 2.17. The number of nitrogens with zero attached hydrogens (tertiary/aromatic N) is 1. The van der Waals surface area contributed by atoms with E-state index in [4.69, 9.17) is 5.73 Å². The van der Waals surface area contributed by atoms with Crippen molar-refractivity contribution in [1.29, 1.82) is 0 Å². The average Bonchev–Trinajstić information content (AvgIpc) is 3.16. The number of aliphatic imine (C=N–C) groups is 1. The van der Waals surface area contributed by atoms with Crippen LogP contribution < -0.4 is 11.1 Å². The molecule has 148 valence electrons. The molecule has 25 heavy (non-hydrogen) atoms. The van der Waals surface area contributed by atoms with Gasteiger partial charge in [-0.15, -0.1) is 0 Å². The molecule has 0 aliphatic carbocycles. The highest BCUT2D eigenvalue weighted by molar-refractivity contribution is 5.85. The molecule has 0 bridgehead atoms. The molecule has 3 N–H and O–H groups in total. The first kappa shape index (κ1) is 22.5. The van der Waals surface area contributed by atoms with Gasteiger partial charge in [-0.05, 0) is 25.8 Å². The Hall–Kier alpha value is -0.570. The van der Waals surface area contributed by atoms with E-state index in [0.717, 1.165) is 26.1 Å². The lowest BCUT2D eigenvalue weighted by Crippen LogP contribution is -2.27. The molecule has 1 unspecified atom stereocenters. The van der Waals surface area contributed by atoms with Crippen molar-refractivity contribution in [3.8, 4) is 0 Å². The Balaban J connectivity index is 1.89. The minimum atomic E-state index is 0.638. The predicted octanol–water partition coefficient (Wildman–Crippen LogP) is 5.82. The first-order valence-corrected chi connectivity index (χ1v) is 11.4. The molecule has 1 aliphatic rings. The number of hydrogen-bond donors (Lipinski definition) is 2. The third kappa shape index (κ3) is 12.4. The average molecular weight is 352 g/mol. The standard InChI is InChI=1S/C22H45N3/c1-2-3-4-5-6-7-8-9-10-11-12-13-14-16-21(17-15-18-23)22-24-19-20-25-22/h21H,2-20,23H2,1H3,(H,24,25). The van der Waals surface area contributed by atoms with Gasteiger partial charge in [-0.25, -0.2) is 0 Å². The first-order valence-electron chi connectivity index (χ1n) is 11.4. The van der Waals surface area contributed by atoms with Crippen LogP contribution in [0.15, 0.2) is 4.99 Å². The lowest BCUT2D eigenvalue weighted by Gasteiger charge is -2.17. The lowest BCUT2D eigenvalue weighted by molar-refractivity contribution is 0.492. The molecule has 3 nitrogen and oxygen atoms in total. The second-order valence-corrected chi connectivity index (χ2v) is 7.85. The Morgan fingerprint density at radius 1 is 0.800 bits per heavy atom. The zero-order chi connectivity index (χ0) is 18.0. The molecule has 0 spiro atoms. The maximum atomic E-state index is 5.69. The van der Waals surface area contributed by atoms with Crippen LogP contribution in [0.5, 0.6) is 0 Å². The molecule has 0 aromatic rings. The van der Waals surface area contributed by atoms with Gasteiger partial charge in [0.2, 0.25) is 0 Å². The zero-order valence-corrected chi connectivity index (χ0v) is 17.0. The molecule has 0 saturated heterocycles. The predicted molar refractivity (Wildman–Crippen MR) is 112 cm³/mol. The highest BCUT2D eigenvalue weighted by Crippen LogP contribution is 2.19. The largest absolute Gasteiger partial charge is 0.372 e. The lowest BCUT2D eigenvalue weighted by atomic mass is 9.94. The molecule has 1 heterocycles. The maximum absolute atomic E-state index is 5.69. The summed E-state index contributed by atoms with van der Waals surface area (Å²) in [6.45, 7) is 5.10. The molecule has 0 aromatic heterocycles. The molecule has 0 fully saturated rings. The maximum Gasteiger partial charge on any atom is 0.0995 e. The topological polar surface area (TPSA) is 50.4 Å². The molecular formula is C22H45N3. The van der Waals surface area contributed by atoms with Gasteiger partial charge in [0.25, 0.3) is 0 Å². The van der Waals surface area contributed by atoms with Gasteiger partial charge in [0, 0.05) is 12.5 Å². The SMILES string of the molecule is CCCCCCCCCCCCCCCC(CCCN)C1=NCCN1. The quantitative estimate of drug-likeness (QED) is 0.305. The summed E-state index contributed by atoms with van der Waals surface area (Å²) in [6.07, 6.45) is 22.2. The van der Waals surface area contributed by atoms with Crippen LogP contribution in [0.4, 0.5) is 0 Å². The fraction of sp³-hybridized carbons (Fsp3) is 0.955. The third-order valence-corrected chi connectivity index (χ3v) is 5.50. The summed E-state index contributed by atoms with van der Waals surface area (Å²) >= 11 is 0. The number of amidine groups is 1. The molecule has 3 heteroatoms. The molecule has 0 saturated carbocycles. The van der Waals surface area contributed by atoms with Crippen molar-refractivity contribution in [2.24, 2.45) is 16.6 Å². The van der Waals surface area contributed by atoms with Crippen molar-refractivity contribution in [1.82, 2.24) is 5.32 Å². The number of unbranched alkanes of at least 4 members (excludes halogenated alkanes) is 12. The van der Waals surface area contributed by atoms with Gasteiger partial charge < -0.3 is 11.1 Å². The van der Waals surface area contributed by atoms with Crippen molar-refractivity contribution in [2.75, 3.05) is 19.6 Å². The number of nitrogens with one attached hydrogen (secondary N) is 1. The van der Waals surface area contributed by atoms with Crippen LogP contribution in [-0.2, 0) is 0 Å². The van der Waals surface area contributed by atoms with E-state index >= 15 is 0 Å². The van der Waals surface area contributed by atoms with Crippen LogP contribution in [0.1, 0.15) is 110 Å². The summed E-state index contributed by atoms with van der Waals surface area (Å²) in [5.41, 5.74) is 5.69. The molecule has 0 aromatic carbocycles. The highest BCUT2D eigenvalue weighted by atomic mass is 15.1.